The second-order valence-electron chi connectivity index (χ2n) is 4.66. The van der Waals surface area contributed by atoms with E-state index in [1.54, 1.807) is 30.6 Å². The van der Waals surface area contributed by atoms with Crippen LogP contribution in [0, 0.1) is 11.3 Å². The van der Waals surface area contributed by atoms with Crippen LogP contribution in [0.4, 0.5) is 17.5 Å². The Hall–Kier alpha value is -3.53. The molecule has 0 saturated heterocycles. The fourth-order valence-corrected chi connectivity index (χ4v) is 1.95. The zero-order chi connectivity index (χ0) is 15.9. The Morgan fingerprint density at radius 3 is 2.83 bits per heavy atom. The minimum atomic E-state index is 0.323. The summed E-state index contributed by atoms with van der Waals surface area (Å²) in [5, 5.41) is 23.1. The van der Waals surface area contributed by atoms with Crippen LogP contribution in [0.1, 0.15) is 11.1 Å². The summed E-state index contributed by atoms with van der Waals surface area (Å²) in [6.45, 7) is 0.584. The molecule has 3 aromatic rings. The van der Waals surface area contributed by atoms with Crippen LogP contribution in [0.25, 0.3) is 0 Å². The van der Waals surface area contributed by atoms with Gasteiger partial charge in [-0.2, -0.15) is 15.3 Å². The number of hydrogen-bond donors (Lipinski definition) is 2. The smallest absolute Gasteiger partial charge is 0.249 e. The fraction of sp³-hybridized carbons (Fsp3) is 0.0625. The minimum Gasteiger partial charge on any atom is -0.364 e. The normalized spacial score (nSPS) is 9.87. The van der Waals surface area contributed by atoms with E-state index in [9.17, 15) is 0 Å². The molecule has 0 aliphatic carbocycles. The third-order valence-electron chi connectivity index (χ3n) is 3.05. The van der Waals surface area contributed by atoms with Crippen molar-refractivity contribution in [2.45, 2.75) is 6.54 Å². The van der Waals surface area contributed by atoms with Crippen LogP contribution in [0.2, 0.25) is 0 Å². The maximum Gasteiger partial charge on any atom is 0.249 e. The molecule has 0 unspecified atom stereocenters. The zero-order valence-corrected chi connectivity index (χ0v) is 12.1. The molecular weight excluding hydrogens is 290 g/mol. The van der Waals surface area contributed by atoms with E-state index < -0.39 is 0 Å². The van der Waals surface area contributed by atoms with Crippen LogP contribution in [-0.2, 0) is 6.54 Å². The first-order valence-corrected chi connectivity index (χ1v) is 6.94. The summed E-state index contributed by atoms with van der Waals surface area (Å²) in [4.78, 5) is 8.39. The van der Waals surface area contributed by atoms with Crippen LogP contribution < -0.4 is 10.6 Å². The highest BCUT2D eigenvalue weighted by molar-refractivity contribution is 5.63. The van der Waals surface area contributed by atoms with Crippen LogP contribution >= 0.6 is 0 Å². The van der Waals surface area contributed by atoms with Gasteiger partial charge in [0.15, 0.2) is 5.82 Å². The van der Waals surface area contributed by atoms with Crippen molar-refractivity contribution < 1.29 is 0 Å². The lowest BCUT2D eigenvalue weighted by Gasteiger charge is -2.08. The van der Waals surface area contributed by atoms with E-state index in [0.717, 1.165) is 5.56 Å². The molecule has 7 heteroatoms. The van der Waals surface area contributed by atoms with Crippen molar-refractivity contribution in [2.24, 2.45) is 0 Å². The molecule has 23 heavy (non-hydrogen) atoms. The lowest BCUT2D eigenvalue weighted by molar-refractivity contribution is 0.964. The Bertz CT molecular complexity index is 827. The average Bonchev–Trinajstić information content (AvgIpc) is 2.62. The van der Waals surface area contributed by atoms with Crippen LogP contribution in [0.5, 0.6) is 0 Å². The molecule has 1 aromatic carbocycles. The molecule has 112 valence electrons. The Balaban J connectivity index is 1.71. The van der Waals surface area contributed by atoms with Gasteiger partial charge in [0.05, 0.1) is 17.4 Å². The van der Waals surface area contributed by atoms with Crippen LogP contribution in [0.3, 0.4) is 0 Å². The van der Waals surface area contributed by atoms with Gasteiger partial charge in [0, 0.05) is 18.9 Å². The van der Waals surface area contributed by atoms with Gasteiger partial charge in [-0.25, -0.2) is 0 Å². The summed E-state index contributed by atoms with van der Waals surface area (Å²) < 4.78 is 0. The fourth-order valence-electron chi connectivity index (χ4n) is 1.95. The van der Waals surface area contributed by atoms with E-state index in [-0.39, 0.29) is 0 Å². The summed E-state index contributed by atoms with van der Waals surface area (Å²) in [6, 6.07) is 13.1. The molecule has 0 bridgehead atoms. The summed E-state index contributed by atoms with van der Waals surface area (Å²) in [7, 11) is 0. The Labute approximate surface area is 133 Å². The highest BCUT2D eigenvalue weighted by Crippen LogP contribution is 2.17. The average molecular weight is 303 g/mol. The maximum absolute atomic E-state index is 9.10. The van der Waals surface area contributed by atoms with Crippen LogP contribution in [0.15, 0.2) is 55.0 Å². The molecular formula is C16H13N7. The summed E-state index contributed by atoms with van der Waals surface area (Å²) in [6.07, 6.45) is 5.05. The number of benzene rings is 1. The van der Waals surface area contributed by atoms with E-state index >= 15 is 0 Å². The van der Waals surface area contributed by atoms with Crippen molar-refractivity contribution >= 4 is 17.5 Å². The molecule has 0 fully saturated rings. The largest absolute Gasteiger partial charge is 0.364 e. The molecule has 0 aliphatic rings. The molecule has 2 aromatic heterocycles. The highest BCUT2D eigenvalue weighted by Gasteiger charge is 2.05. The van der Waals surface area contributed by atoms with Crippen molar-refractivity contribution in [3.8, 4) is 6.07 Å². The molecule has 2 N–H and O–H groups in total. The third kappa shape index (κ3) is 3.77. The standard InChI is InChI=1S/C16H13N7/c17-8-13-5-1-2-6-14(13)21-16-22-15(11-20-23-16)19-10-12-4-3-7-18-9-12/h1-7,9,11H,10H2,(H2,19,21,22,23). The van der Waals surface area contributed by atoms with Crippen molar-refractivity contribution in [3.63, 3.8) is 0 Å². The molecule has 0 radical (unpaired) electrons. The Kier molecular flexibility index (Phi) is 4.36. The molecule has 0 atom stereocenters. The van der Waals surface area contributed by atoms with Gasteiger partial charge >= 0.3 is 0 Å². The molecule has 7 nitrogen and oxygen atoms in total. The minimum absolute atomic E-state index is 0.323. The van der Waals surface area contributed by atoms with Gasteiger partial charge in [0.25, 0.3) is 0 Å². The molecule has 0 spiro atoms. The number of nitrogens with one attached hydrogen (secondary N) is 2. The number of pyridine rings is 1. The lowest BCUT2D eigenvalue weighted by Crippen LogP contribution is -2.06. The predicted molar refractivity (Wildman–Crippen MR) is 85.8 cm³/mol. The summed E-state index contributed by atoms with van der Waals surface area (Å²) >= 11 is 0. The number of nitriles is 1. The topological polar surface area (TPSA) is 99.4 Å². The second kappa shape index (κ2) is 6.95. The van der Waals surface area contributed by atoms with E-state index in [0.29, 0.717) is 29.6 Å². The van der Waals surface area contributed by atoms with Crippen molar-refractivity contribution in [2.75, 3.05) is 10.6 Å². The van der Waals surface area contributed by atoms with Gasteiger partial charge in [0.2, 0.25) is 5.95 Å². The first-order chi connectivity index (χ1) is 11.3. The maximum atomic E-state index is 9.10. The van der Waals surface area contributed by atoms with Crippen molar-refractivity contribution in [3.05, 3.63) is 66.1 Å². The first kappa shape index (κ1) is 14.4. The number of rotatable bonds is 5. The Morgan fingerprint density at radius 2 is 2.00 bits per heavy atom. The number of anilines is 3. The van der Waals surface area contributed by atoms with E-state index in [2.05, 4.69) is 36.9 Å². The number of nitrogens with zero attached hydrogens (tertiary/aromatic N) is 5. The monoisotopic (exact) mass is 303 g/mol. The molecule has 3 rings (SSSR count). The number of aromatic nitrogens is 4. The SMILES string of the molecule is N#Cc1ccccc1Nc1nncc(NCc2cccnc2)n1. The van der Waals surface area contributed by atoms with Gasteiger partial charge in [0.1, 0.15) is 6.07 Å². The van der Waals surface area contributed by atoms with E-state index in [1.807, 2.05) is 18.2 Å². The van der Waals surface area contributed by atoms with Crippen molar-refractivity contribution in [1.29, 1.82) is 5.26 Å². The van der Waals surface area contributed by atoms with Gasteiger partial charge < -0.3 is 10.6 Å². The van der Waals surface area contributed by atoms with Gasteiger partial charge in [-0.1, -0.05) is 18.2 Å². The van der Waals surface area contributed by atoms with Gasteiger partial charge in [-0.05, 0) is 23.8 Å². The molecule has 0 saturated carbocycles. The van der Waals surface area contributed by atoms with E-state index in [1.165, 1.54) is 6.20 Å². The summed E-state index contributed by atoms with van der Waals surface area (Å²) in [5.41, 5.74) is 2.20. The lowest BCUT2D eigenvalue weighted by atomic mass is 10.2. The van der Waals surface area contributed by atoms with Gasteiger partial charge in [-0.15, -0.1) is 5.10 Å². The quantitative estimate of drug-likeness (QED) is 0.747. The number of hydrogen-bond acceptors (Lipinski definition) is 7. The molecule has 0 amide bonds. The van der Waals surface area contributed by atoms with E-state index in [4.69, 9.17) is 5.26 Å². The molecule has 2 heterocycles. The highest BCUT2D eigenvalue weighted by atomic mass is 15.3. The first-order valence-electron chi connectivity index (χ1n) is 6.94. The molecule has 0 aliphatic heterocycles. The van der Waals surface area contributed by atoms with Crippen LogP contribution in [-0.4, -0.2) is 20.2 Å². The number of para-hydroxylation sites is 1. The zero-order valence-electron chi connectivity index (χ0n) is 12.1. The van der Waals surface area contributed by atoms with Crippen molar-refractivity contribution in [1.82, 2.24) is 20.2 Å². The Morgan fingerprint density at radius 1 is 1.09 bits per heavy atom. The summed E-state index contributed by atoms with van der Waals surface area (Å²) in [5.74, 6) is 0.907. The predicted octanol–water partition coefficient (Wildman–Crippen LogP) is 2.49. The third-order valence-corrected chi connectivity index (χ3v) is 3.05. The second-order valence-corrected chi connectivity index (χ2v) is 4.66. The van der Waals surface area contributed by atoms with Gasteiger partial charge in [-0.3, -0.25) is 4.98 Å².